The molecule has 100 valence electrons. The van der Waals surface area contributed by atoms with E-state index in [2.05, 4.69) is 11.2 Å². The molecule has 0 aromatic heterocycles. The highest BCUT2D eigenvalue weighted by Gasteiger charge is 2.19. The first kappa shape index (κ1) is 15.1. The van der Waals surface area contributed by atoms with Gasteiger partial charge in [0, 0.05) is 17.7 Å². The molecule has 19 heavy (non-hydrogen) atoms. The summed E-state index contributed by atoms with van der Waals surface area (Å²) in [7, 11) is 0. The van der Waals surface area contributed by atoms with Crippen molar-refractivity contribution >= 4 is 23.6 Å². The van der Waals surface area contributed by atoms with Gasteiger partial charge in [-0.25, -0.2) is 4.79 Å². The predicted octanol–water partition coefficient (Wildman–Crippen LogP) is 1.76. The molecule has 0 aliphatic heterocycles. The molecule has 0 aliphatic rings. The Morgan fingerprint density at radius 3 is 2.53 bits per heavy atom. The van der Waals surface area contributed by atoms with E-state index in [-0.39, 0.29) is 6.42 Å². The van der Waals surface area contributed by atoms with Gasteiger partial charge in [-0.3, -0.25) is 4.79 Å². The van der Waals surface area contributed by atoms with Gasteiger partial charge in [-0.1, -0.05) is 12.1 Å². The van der Waals surface area contributed by atoms with Crippen molar-refractivity contribution in [1.29, 1.82) is 0 Å². The van der Waals surface area contributed by atoms with Crippen LogP contribution in [0.15, 0.2) is 24.3 Å². The van der Waals surface area contributed by atoms with E-state index in [1.165, 1.54) is 0 Å². The molecule has 1 rings (SSSR count). The highest BCUT2D eigenvalue weighted by Crippen LogP contribution is 2.10. The molecule has 0 saturated heterocycles. The van der Waals surface area contributed by atoms with Gasteiger partial charge in [0.25, 0.3) is 5.91 Å². The number of hydrogen-bond donors (Lipinski definition) is 2. The number of nitrogens with one attached hydrogen (secondary N) is 1. The zero-order valence-corrected chi connectivity index (χ0v) is 11.4. The Morgan fingerprint density at radius 2 is 2.05 bits per heavy atom. The molecule has 4 nitrogen and oxygen atoms in total. The second-order valence-electron chi connectivity index (χ2n) is 3.90. The summed E-state index contributed by atoms with van der Waals surface area (Å²) in [6, 6.07) is 6.00. The Labute approximate surface area is 116 Å². The lowest BCUT2D eigenvalue weighted by Crippen LogP contribution is -2.40. The van der Waals surface area contributed by atoms with Crippen molar-refractivity contribution in [3.63, 3.8) is 0 Å². The number of carbonyl (C=O) groups is 2. The third kappa shape index (κ3) is 4.68. The van der Waals surface area contributed by atoms with Crippen molar-refractivity contribution in [2.75, 3.05) is 6.26 Å². The monoisotopic (exact) mass is 277 g/mol. The molecule has 1 aromatic rings. The molecule has 1 aromatic carbocycles. The van der Waals surface area contributed by atoms with Crippen LogP contribution in [0.3, 0.4) is 0 Å². The number of benzene rings is 1. The van der Waals surface area contributed by atoms with Crippen molar-refractivity contribution in [1.82, 2.24) is 5.32 Å². The Balaban J connectivity index is 2.72. The summed E-state index contributed by atoms with van der Waals surface area (Å²) in [5, 5.41) is 11.3. The third-order valence-corrected chi connectivity index (χ3v) is 3.07. The minimum atomic E-state index is -1.13. The Bertz CT molecular complexity index is 490. The zero-order valence-electron chi connectivity index (χ0n) is 10.6. The van der Waals surface area contributed by atoms with E-state index in [4.69, 9.17) is 11.5 Å². The van der Waals surface area contributed by atoms with Crippen LogP contribution < -0.4 is 5.32 Å². The minimum absolute atomic E-state index is 0.0361. The van der Waals surface area contributed by atoms with E-state index in [9.17, 15) is 9.59 Å². The van der Waals surface area contributed by atoms with Gasteiger partial charge >= 0.3 is 5.97 Å². The maximum absolute atomic E-state index is 11.9. The summed E-state index contributed by atoms with van der Waals surface area (Å²) in [4.78, 5) is 22.7. The van der Waals surface area contributed by atoms with E-state index < -0.39 is 17.9 Å². The quantitative estimate of drug-likeness (QED) is 0.778. The molecular formula is C14H15NO3S. The van der Waals surface area contributed by atoms with Crippen LogP contribution >= 0.6 is 11.8 Å². The normalized spacial score (nSPS) is 11.4. The maximum Gasteiger partial charge on any atom is 0.327 e. The molecule has 0 saturated carbocycles. The number of carbonyl (C=O) groups excluding carboxylic acids is 1. The van der Waals surface area contributed by atoms with Crippen LogP contribution in [-0.2, 0) is 10.5 Å². The van der Waals surface area contributed by atoms with Gasteiger partial charge < -0.3 is 10.4 Å². The Hall–Kier alpha value is -1.93. The van der Waals surface area contributed by atoms with Gasteiger partial charge in [-0.15, -0.1) is 12.3 Å². The van der Waals surface area contributed by atoms with Crippen LogP contribution in [0.4, 0.5) is 0 Å². The maximum atomic E-state index is 11.9. The number of amides is 1. The standard InChI is InChI=1S/C14H15NO3S/c1-3-4-12(14(17)18)15-13(16)11-7-5-10(6-8-11)9-19-2/h1,5-8,12H,4,9H2,2H3,(H,15,16)(H,17,18). The number of hydrogen-bond acceptors (Lipinski definition) is 3. The molecule has 0 spiro atoms. The van der Waals surface area contributed by atoms with Crippen LogP contribution in [-0.4, -0.2) is 29.3 Å². The van der Waals surface area contributed by atoms with Crippen molar-refractivity contribution < 1.29 is 14.7 Å². The van der Waals surface area contributed by atoms with Gasteiger partial charge in [-0.2, -0.15) is 11.8 Å². The first-order chi connectivity index (χ1) is 9.08. The number of carboxylic acid groups (broad SMARTS) is 1. The molecule has 0 heterocycles. The summed E-state index contributed by atoms with van der Waals surface area (Å²) < 4.78 is 0. The fourth-order valence-electron chi connectivity index (χ4n) is 1.48. The molecule has 1 amide bonds. The van der Waals surface area contributed by atoms with E-state index in [1.807, 2.05) is 18.4 Å². The van der Waals surface area contributed by atoms with E-state index >= 15 is 0 Å². The number of carboxylic acids is 1. The predicted molar refractivity (Wildman–Crippen MR) is 76.0 cm³/mol. The zero-order chi connectivity index (χ0) is 14.3. The summed E-state index contributed by atoms with van der Waals surface area (Å²) >= 11 is 1.69. The minimum Gasteiger partial charge on any atom is -0.480 e. The van der Waals surface area contributed by atoms with Crippen LogP contribution in [0, 0.1) is 12.3 Å². The lowest BCUT2D eigenvalue weighted by atomic mass is 10.1. The summed E-state index contributed by atoms with van der Waals surface area (Å²) in [6.07, 6.45) is 7.03. The molecule has 0 fully saturated rings. The Morgan fingerprint density at radius 1 is 1.42 bits per heavy atom. The average molecular weight is 277 g/mol. The van der Waals surface area contributed by atoms with Gasteiger partial charge in [0.1, 0.15) is 6.04 Å². The van der Waals surface area contributed by atoms with Crippen LogP contribution in [0.25, 0.3) is 0 Å². The van der Waals surface area contributed by atoms with E-state index in [1.54, 1.807) is 23.9 Å². The van der Waals surface area contributed by atoms with Crippen molar-refractivity contribution in [3.05, 3.63) is 35.4 Å². The largest absolute Gasteiger partial charge is 0.480 e. The van der Waals surface area contributed by atoms with Gasteiger partial charge in [0.05, 0.1) is 0 Å². The molecule has 2 N–H and O–H groups in total. The highest BCUT2D eigenvalue weighted by molar-refractivity contribution is 7.97. The summed E-state index contributed by atoms with van der Waals surface area (Å²) in [5.74, 6) is 1.54. The van der Waals surface area contributed by atoms with Crippen molar-refractivity contribution in [2.45, 2.75) is 18.2 Å². The number of aliphatic carboxylic acids is 1. The SMILES string of the molecule is C#CCC(NC(=O)c1ccc(CSC)cc1)C(=O)O. The van der Waals surface area contributed by atoms with Crippen LogP contribution in [0.5, 0.6) is 0 Å². The summed E-state index contributed by atoms with van der Waals surface area (Å²) in [5.41, 5.74) is 1.54. The Kier molecular flexibility index (Phi) is 5.97. The first-order valence-electron chi connectivity index (χ1n) is 5.63. The lowest BCUT2D eigenvalue weighted by molar-refractivity contribution is -0.139. The lowest BCUT2D eigenvalue weighted by Gasteiger charge is -2.12. The molecule has 0 radical (unpaired) electrons. The number of terminal acetylenes is 1. The molecule has 1 unspecified atom stereocenters. The molecule has 5 heteroatoms. The number of rotatable bonds is 6. The van der Waals surface area contributed by atoms with E-state index in [0.717, 1.165) is 11.3 Å². The first-order valence-corrected chi connectivity index (χ1v) is 7.03. The van der Waals surface area contributed by atoms with Crippen molar-refractivity contribution in [2.24, 2.45) is 0 Å². The molecule has 0 bridgehead atoms. The van der Waals surface area contributed by atoms with Crippen LogP contribution in [0.2, 0.25) is 0 Å². The molecule has 1 atom stereocenters. The fraction of sp³-hybridized carbons (Fsp3) is 0.286. The van der Waals surface area contributed by atoms with Gasteiger partial charge in [0.15, 0.2) is 0 Å². The van der Waals surface area contributed by atoms with Crippen molar-refractivity contribution in [3.8, 4) is 12.3 Å². The smallest absolute Gasteiger partial charge is 0.327 e. The van der Waals surface area contributed by atoms with Crippen LogP contribution in [0.1, 0.15) is 22.3 Å². The third-order valence-electron chi connectivity index (χ3n) is 2.45. The van der Waals surface area contributed by atoms with Gasteiger partial charge in [0.2, 0.25) is 0 Å². The number of thioether (sulfide) groups is 1. The van der Waals surface area contributed by atoms with Gasteiger partial charge in [-0.05, 0) is 24.0 Å². The summed E-state index contributed by atoms with van der Waals surface area (Å²) in [6.45, 7) is 0. The molecule has 0 aliphatic carbocycles. The average Bonchev–Trinajstić information content (AvgIpc) is 2.39. The molecular weight excluding hydrogens is 262 g/mol. The van der Waals surface area contributed by atoms with E-state index in [0.29, 0.717) is 5.56 Å². The highest BCUT2D eigenvalue weighted by atomic mass is 32.2. The fourth-order valence-corrected chi connectivity index (χ4v) is 2.00. The second kappa shape index (κ2) is 7.49. The second-order valence-corrected chi connectivity index (χ2v) is 4.77. The topological polar surface area (TPSA) is 66.4 Å².